The highest BCUT2D eigenvalue weighted by Crippen LogP contribution is 2.29. The number of nitrogens with zero attached hydrogens (tertiary/aromatic N) is 2. The number of hydrogen-bond acceptors (Lipinski definition) is 2. The summed E-state index contributed by atoms with van der Waals surface area (Å²) in [6.45, 7) is 7.78. The minimum Gasteiger partial charge on any atom is -0.310 e. The Morgan fingerprint density at radius 1 is 1.24 bits per heavy atom. The molecular weight excluding hydrogens is 305 g/mol. The van der Waals surface area contributed by atoms with Crippen LogP contribution in [0.15, 0.2) is 24.3 Å². The Morgan fingerprint density at radius 2 is 1.95 bits per heavy atom. The fraction of sp³-hybridized carbons (Fsp3) is 0.438. The van der Waals surface area contributed by atoms with E-state index in [9.17, 15) is 0 Å². The van der Waals surface area contributed by atoms with E-state index in [1.54, 1.807) is 0 Å². The molecule has 2 rings (SSSR count). The molecule has 1 unspecified atom stereocenters. The number of nitrogens with one attached hydrogen (secondary N) is 1. The first-order chi connectivity index (χ1) is 10.1. The van der Waals surface area contributed by atoms with Crippen molar-refractivity contribution in [1.82, 2.24) is 15.1 Å². The Hall–Kier alpha value is -1.03. The topological polar surface area (TPSA) is 29.9 Å². The molecule has 1 aromatic heterocycles. The van der Waals surface area contributed by atoms with E-state index in [-0.39, 0.29) is 6.04 Å². The summed E-state index contributed by atoms with van der Waals surface area (Å²) in [6.07, 6.45) is 0.769. The first-order valence-electron chi connectivity index (χ1n) is 7.28. The fourth-order valence-electron chi connectivity index (χ4n) is 2.55. The first kappa shape index (κ1) is 16.3. The second-order valence-electron chi connectivity index (χ2n) is 5.00. The van der Waals surface area contributed by atoms with E-state index >= 15 is 0 Å². The molecule has 0 saturated heterocycles. The van der Waals surface area contributed by atoms with Crippen LogP contribution in [0.2, 0.25) is 10.0 Å². The normalized spacial score (nSPS) is 12.6. The Labute approximate surface area is 136 Å². The van der Waals surface area contributed by atoms with Crippen LogP contribution in [0.1, 0.15) is 36.8 Å². The van der Waals surface area contributed by atoms with E-state index in [0.29, 0.717) is 0 Å². The zero-order chi connectivity index (χ0) is 15.4. The summed E-state index contributed by atoms with van der Waals surface area (Å²) in [5.74, 6) is 0. The average molecular weight is 326 g/mol. The minimum absolute atomic E-state index is 0.127. The van der Waals surface area contributed by atoms with Crippen LogP contribution in [-0.2, 0) is 13.0 Å². The molecule has 0 aliphatic heterocycles. The third kappa shape index (κ3) is 3.60. The van der Waals surface area contributed by atoms with Crippen molar-refractivity contribution in [2.24, 2.45) is 0 Å². The van der Waals surface area contributed by atoms with Crippen LogP contribution in [-0.4, -0.2) is 16.3 Å². The van der Waals surface area contributed by atoms with Gasteiger partial charge in [0.25, 0.3) is 0 Å². The zero-order valence-electron chi connectivity index (χ0n) is 12.7. The summed E-state index contributed by atoms with van der Waals surface area (Å²) in [6, 6.07) is 8.06. The molecule has 3 nitrogen and oxygen atoms in total. The molecular formula is C16H21Cl2N3. The van der Waals surface area contributed by atoms with Gasteiger partial charge in [-0.1, -0.05) is 48.3 Å². The first-order valence-corrected chi connectivity index (χ1v) is 8.03. The zero-order valence-corrected chi connectivity index (χ0v) is 14.2. The molecule has 114 valence electrons. The molecule has 21 heavy (non-hydrogen) atoms. The molecule has 0 amide bonds. The molecule has 1 atom stereocenters. The van der Waals surface area contributed by atoms with E-state index in [1.807, 2.05) is 29.8 Å². The quantitative estimate of drug-likeness (QED) is 0.852. The Kier molecular flexibility index (Phi) is 5.68. The van der Waals surface area contributed by atoms with Gasteiger partial charge in [0.05, 0.1) is 16.4 Å². The number of hydrogen-bond donors (Lipinski definition) is 1. The lowest BCUT2D eigenvalue weighted by Crippen LogP contribution is -2.24. The molecule has 0 aliphatic rings. The van der Waals surface area contributed by atoms with Crippen molar-refractivity contribution >= 4 is 23.2 Å². The van der Waals surface area contributed by atoms with Crippen LogP contribution in [0.4, 0.5) is 0 Å². The van der Waals surface area contributed by atoms with Gasteiger partial charge >= 0.3 is 0 Å². The van der Waals surface area contributed by atoms with E-state index in [0.717, 1.165) is 46.5 Å². The van der Waals surface area contributed by atoms with Crippen molar-refractivity contribution in [3.63, 3.8) is 0 Å². The van der Waals surface area contributed by atoms with Gasteiger partial charge in [-0.15, -0.1) is 0 Å². The van der Waals surface area contributed by atoms with Gasteiger partial charge in [0.2, 0.25) is 0 Å². The molecule has 0 saturated carbocycles. The van der Waals surface area contributed by atoms with Crippen LogP contribution < -0.4 is 5.32 Å². The molecule has 5 heteroatoms. The fourth-order valence-corrected chi connectivity index (χ4v) is 3.03. The molecule has 0 radical (unpaired) electrons. The number of rotatable bonds is 6. The van der Waals surface area contributed by atoms with E-state index < -0.39 is 0 Å². The maximum Gasteiger partial charge on any atom is 0.0847 e. The monoisotopic (exact) mass is 325 g/mol. The lowest BCUT2D eigenvalue weighted by Gasteiger charge is -2.20. The Bertz CT molecular complexity index is 608. The second-order valence-corrected chi connectivity index (χ2v) is 5.78. The maximum atomic E-state index is 6.42. The minimum atomic E-state index is 0.127. The van der Waals surface area contributed by atoms with E-state index in [1.165, 1.54) is 0 Å². The van der Waals surface area contributed by atoms with Crippen molar-refractivity contribution in [2.75, 3.05) is 6.54 Å². The molecule has 0 fully saturated rings. The predicted octanol–water partition coefficient (Wildman–Crippen LogP) is 4.41. The summed E-state index contributed by atoms with van der Waals surface area (Å²) in [7, 11) is 0. The summed E-state index contributed by atoms with van der Waals surface area (Å²) in [4.78, 5) is 0. The average Bonchev–Trinajstić information content (AvgIpc) is 2.75. The van der Waals surface area contributed by atoms with Crippen molar-refractivity contribution < 1.29 is 0 Å². The molecule has 2 aromatic rings. The second kappa shape index (κ2) is 7.30. The number of likely N-dealkylation sites (N-methyl/N-ethyl adjacent to an activating group) is 1. The third-order valence-electron chi connectivity index (χ3n) is 3.58. The van der Waals surface area contributed by atoms with Gasteiger partial charge in [-0.25, -0.2) is 0 Å². The van der Waals surface area contributed by atoms with Crippen molar-refractivity contribution in [3.8, 4) is 0 Å². The van der Waals surface area contributed by atoms with Crippen LogP contribution in [0.3, 0.4) is 0 Å². The highest BCUT2D eigenvalue weighted by molar-refractivity contribution is 6.32. The molecule has 0 spiro atoms. The lowest BCUT2D eigenvalue weighted by molar-refractivity contribution is 0.516. The standard InChI is InChI=1S/C16H21Cl2N3/c1-4-19-14(12-8-6-7-9-13(12)17)10-15-16(18)11(3)20-21(15)5-2/h6-9,14,19H,4-5,10H2,1-3H3. The maximum absolute atomic E-state index is 6.42. The van der Waals surface area contributed by atoms with Crippen LogP contribution in [0.5, 0.6) is 0 Å². The molecule has 1 heterocycles. The van der Waals surface area contributed by atoms with Crippen molar-refractivity contribution in [3.05, 3.63) is 51.3 Å². The van der Waals surface area contributed by atoms with Gasteiger partial charge in [-0.2, -0.15) is 5.10 Å². The van der Waals surface area contributed by atoms with Crippen LogP contribution in [0.25, 0.3) is 0 Å². The van der Waals surface area contributed by atoms with Gasteiger partial charge in [0.1, 0.15) is 0 Å². The van der Waals surface area contributed by atoms with Crippen molar-refractivity contribution in [2.45, 2.75) is 39.8 Å². The SMILES string of the molecule is CCNC(Cc1c(Cl)c(C)nn1CC)c1ccccc1Cl. The van der Waals surface area contributed by atoms with Gasteiger partial charge < -0.3 is 5.32 Å². The summed E-state index contributed by atoms with van der Waals surface area (Å²) in [5.41, 5.74) is 3.03. The number of aryl methyl sites for hydroxylation is 2. The summed E-state index contributed by atoms with van der Waals surface area (Å²) >= 11 is 12.8. The number of benzene rings is 1. The number of halogens is 2. The highest BCUT2D eigenvalue weighted by atomic mass is 35.5. The van der Waals surface area contributed by atoms with E-state index in [2.05, 4.69) is 30.3 Å². The molecule has 1 aromatic carbocycles. The molecule has 0 aliphatic carbocycles. The molecule has 1 N–H and O–H groups in total. The third-order valence-corrected chi connectivity index (χ3v) is 4.42. The van der Waals surface area contributed by atoms with E-state index in [4.69, 9.17) is 23.2 Å². The van der Waals surface area contributed by atoms with Gasteiger partial charge in [-0.3, -0.25) is 4.68 Å². The Morgan fingerprint density at radius 3 is 2.57 bits per heavy atom. The number of aromatic nitrogens is 2. The lowest BCUT2D eigenvalue weighted by atomic mass is 10.0. The Balaban J connectivity index is 2.35. The predicted molar refractivity (Wildman–Crippen MR) is 89.2 cm³/mol. The summed E-state index contributed by atoms with van der Waals surface area (Å²) < 4.78 is 1.97. The van der Waals surface area contributed by atoms with Gasteiger partial charge in [0, 0.05) is 24.0 Å². The largest absolute Gasteiger partial charge is 0.310 e. The van der Waals surface area contributed by atoms with Crippen LogP contribution >= 0.6 is 23.2 Å². The summed E-state index contributed by atoms with van der Waals surface area (Å²) in [5, 5.41) is 9.51. The smallest absolute Gasteiger partial charge is 0.0847 e. The van der Waals surface area contributed by atoms with Crippen LogP contribution in [0, 0.1) is 6.92 Å². The van der Waals surface area contributed by atoms with Crippen molar-refractivity contribution in [1.29, 1.82) is 0 Å². The highest BCUT2D eigenvalue weighted by Gasteiger charge is 2.20. The molecule has 0 bridgehead atoms. The van der Waals surface area contributed by atoms with Gasteiger partial charge in [0.15, 0.2) is 0 Å². The van der Waals surface area contributed by atoms with Gasteiger partial charge in [-0.05, 0) is 32.0 Å².